The minimum absolute atomic E-state index is 0.485. The zero-order valence-corrected chi connectivity index (χ0v) is 12.3. The van der Waals surface area contributed by atoms with E-state index >= 15 is 0 Å². The predicted octanol–water partition coefficient (Wildman–Crippen LogP) is 3.78. The van der Waals surface area contributed by atoms with Crippen LogP contribution in [0.1, 0.15) is 18.1 Å². The lowest BCUT2D eigenvalue weighted by atomic mass is 9.79. The number of hydrogen-bond acceptors (Lipinski definition) is 2. The topological polar surface area (TPSA) is 27.0 Å². The van der Waals surface area contributed by atoms with Crippen LogP contribution in [0.5, 0.6) is 0 Å². The van der Waals surface area contributed by atoms with Gasteiger partial charge in [0.2, 0.25) is 0 Å². The quantitative estimate of drug-likeness (QED) is 0.840. The van der Waals surface area contributed by atoms with E-state index in [0.717, 1.165) is 12.0 Å². The summed E-state index contributed by atoms with van der Waals surface area (Å²) < 4.78 is 0. The molecular formula is C18H20N2. The van der Waals surface area contributed by atoms with E-state index in [9.17, 15) is 5.26 Å². The molecule has 0 saturated heterocycles. The smallest absolute Gasteiger partial charge is 0.0834 e. The number of benzene rings is 2. The van der Waals surface area contributed by atoms with Gasteiger partial charge in [-0.05, 0) is 36.6 Å². The molecule has 0 bridgehead atoms. The highest BCUT2D eigenvalue weighted by Crippen LogP contribution is 2.28. The summed E-state index contributed by atoms with van der Waals surface area (Å²) in [7, 11) is 4.05. The van der Waals surface area contributed by atoms with Gasteiger partial charge in [0.05, 0.1) is 11.5 Å². The van der Waals surface area contributed by atoms with Crippen molar-refractivity contribution >= 4 is 5.69 Å². The molecule has 0 aromatic heterocycles. The molecule has 2 aromatic carbocycles. The van der Waals surface area contributed by atoms with Gasteiger partial charge in [0, 0.05) is 19.8 Å². The second-order valence-corrected chi connectivity index (χ2v) is 5.55. The van der Waals surface area contributed by atoms with Crippen molar-refractivity contribution in [2.24, 2.45) is 0 Å². The molecule has 0 fully saturated rings. The van der Waals surface area contributed by atoms with Crippen LogP contribution in [0.2, 0.25) is 0 Å². The Morgan fingerprint density at radius 2 is 1.60 bits per heavy atom. The largest absolute Gasteiger partial charge is 0.378 e. The van der Waals surface area contributed by atoms with Crippen LogP contribution in [0.25, 0.3) is 0 Å². The summed E-state index contributed by atoms with van der Waals surface area (Å²) in [5.41, 5.74) is 2.94. The summed E-state index contributed by atoms with van der Waals surface area (Å²) >= 11 is 0. The molecule has 102 valence electrons. The van der Waals surface area contributed by atoms with E-state index in [4.69, 9.17) is 0 Å². The molecule has 20 heavy (non-hydrogen) atoms. The van der Waals surface area contributed by atoms with Gasteiger partial charge in [-0.15, -0.1) is 0 Å². The minimum Gasteiger partial charge on any atom is -0.378 e. The third-order valence-corrected chi connectivity index (χ3v) is 3.67. The number of anilines is 1. The van der Waals surface area contributed by atoms with Crippen LogP contribution in [-0.4, -0.2) is 14.1 Å². The summed E-state index contributed by atoms with van der Waals surface area (Å²) in [6.07, 6.45) is 0.723. The van der Waals surface area contributed by atoms with E-state index in [0.29, 0.717) is 0 Å². The fourth-order valence-electron chi connectivity index (χ4n) is 2.33. The molecule has 0 aliphatic carbocycles. The maximum Gasteiger partial charge on any atom is 0.0834 e. The third kappa shape index (κ3) is 3.00. The summed E-state index contributed by atoms with van der Waals surface area (Å²) in [5, 5.41) is 9.58. The van der Waals surface area contributed by atoms with Gasteiger partial charge < -0.3 is 4.90 Å². The van der Waals surface area contributed by atoms with Crippen molar-refractivity contribution in [3.8, 4) is 6.07 Å². The van der Waals surface area contributed by atoms with Crippen molar-refractivity contribution < 1.29 is 0 Å². The molecule has 0 spiro atoms. The van der Waals surface area contributed by atoms with Crippen molar-refractivity contribution in [1.82, 2.24) is 0 Å². The summed E-state index contributed by atoms with van der Waals surface area (Å²) in [6.45, 7) is 2.00. The van der Waals surface area contributed by atoms with Gasteiger partial charge in [0.25, 0.3) is 0 Å². The molecule has 0 aliphatic heterocycles. The standard InChI is InChI=1S/C18H20N2/c1-18(14-19,16-7-5-4-6-8-16)13-15-9-11-17(12-10-15)20(2)3/h4-12H,13H2,1-3H3. The lowest BCUT2D eigenvalue weighted by Gasteiger charge is -2.22. The summed E-state index contributed by atoms with van der Waals surface area (Å²) in [6, 6.07) is 20.9. The monoisotopic (exact) mass is 264 g/mol. The molecule has 2 nitrogen and oxygen atoms in total. The second-order valence-electron chi connectivity index (χ2n) is 5.55. The fourth-order valence-corrected chi connectivity index (χ4v) is 2.33. The number of nitrogens with zero attached hydrogens (tertiary/aromatic N) is 2. The van der Waals surface area contributed by atoms with E-state index in [-0.39, 0.29) is 0 Å². The molecule has 0 saturated carbocycles. The first-order chi connectivity index (χ1) is 9.55. The Labute approximate surface area is 121 Å². The number of rotatable bonds is 4. The molecule has 0 N–H and O–H groups in total. The molecule has 1 unspecified atom stereocenters. The first-order valence-corrected chi connectivity index (χ1v) is 6.78. The number of hydrogen-bond donors (Lipinski definition) is 0. The molecule has 2 rings (SSSR count). The van der Waals surface area contributed by atoms with Crippen molar-refractivity contribution in [2.75, 3.05) is 19.0 Å². The van der Waals surface area contributed by atoms with Gasteiger partial charge in [0.15, 0.2) is 0 Å². The summed E-state index contributed by atoms with van der Waals surface area (Å²) in [5.74, 6) is 0. The Kier molecular flexibility index (Phi) is 4.10. The molecule has 1 atom stereocenters. The maximum atomic E-state index is 9.58. The first-order valence-electron chi connectivity index (χ1n) is 6.78. The average Bonchev–Trinajstić information content (AvgIpc) is 2.48. The SMILES string of the molecule is CN(C)c1ccc(CC(C)(C#N)c2ccccc2)cc1. The number of nitriles is 1. The van der Waals surface area contributed by atoms with Crippen LogP contribution < -0.4 is 4.90 Å². The van der Waals surface area contributed by atoms with Gasteiger partial charge in [-0.25, -0.2) is 0 Å². The molecule has 0 heterocycles. The van der Waals surface area contributed by atoms with Gasteiger partial charge >= 0.3 is 0 Å². The summed E-state index contributed by atoms with van der Waals surface area (Å²) in [4.78, 5) is 2.07. The van der Waals surface area contributed by atoms with E-state index in [1.807, 2.05) is 51.4 Å². The Morgan fingerprint density at radius 1 is 1.00 bits per heavy atom. The zero-order valence-electron chi connectivity index (χ0n) is 12.3. The van der Waals surface area contributed by atoms with Gasteiger partial charge in [0.1, 0.15) is 0 Å². The van der Waals surface area contributed by atoms with E-state index in [1.165, 1.54) is 11.3 Å². The Morgan fingerprint density at radius 3 is 2.10 bits per heavy atom. The van der Waals surface area contributed by atoms with Crippen molar-refractivity contribution in [2.45, 2.75) is 18.8 Å². The van der Waals surface area contributed by atoms with Gasteiger partial charge in [-0.2, -0.15) is 5.26 Å². The lowest BCUT2D eigenvalue weighted by Crippen LogP contribution is -2.22. The zero-order chi connectivity index (χ0) is 14.6. The normalized spacial score (nSPS) is 13.3. The van der Waals surface area contributed by atoms with Crippen LogP contribution in [0, 0.1) is 11.3 Å². The molecule has 0 amide bonds. The average molecular weight is 264 g/mol. The highest BCUT2D eigenvalue weighted by Gasteiger charge is 2.26. The third-order valence-electron chi connectivity index (χ3n) is 3.67. The molecule has 0 aliphatic rings. The lowest BCUT2D eigenvalue weighted by molar-refractivity contribution is 0.606. The maximum absolute atomic E-state index is 9.58. The second kappa shape index (κ2) is 5.79. The first kappa shape index (κ1) is 14.1. The highest BCUT2D eigenvalue weighted by molar-refractivity contribution is 5.47. The van der Waals surface area contributed by atoms with Crippen LogP contribution in [-0.2, 0) is 11.8 Å². The predicted molar refractivity (Wildman–Crippen MR) is 83.9 cm³/mol. The Bertz CT molecular complexity index is 594. The van der Waals surface area contributed by atoms with E-state index < -0.39 is 5.41 Å². The fraction of sp³-hybridized carbons (Fsp3) is 0.278. The van der Waals surface area contributed by atoms with Crippen LogP contribution in [0.4, 0.5) is 5.69 Å². The Hall–Kier alpha value is -2.27. The van der Waals surface area contributed by atoms with Gasteiger partial charge in [-0.1, -0.05) is 42.5 Å². The van der Waals surface area contributed by atoms with Crippen LogP contribution in [0.3, 0.4) is 0 Å². The Balaban J connectivity index is 2.25. The molecular weight excluding hydrogens is 244 g/mol. The van der Waals surface area contributed by atoms with Crippen LogP contribution >= 0.6 is 0 Å². The molecule has 2 aromatic rings. The highest BCUT2D eigenvalue weighted by atomic mass is 15.1. The van der Waals surface area contributed by atoms with E-state index in [1.54, 1.807) is 0 Å². The van der Waals surface area contributed by atoms with Crippen molar-refractivity contribution in [1.29, 1.82) is 5.26 Å². The van der Waals surface area contributed by atoms with Crippen molar-refractivity contribution in [3.05, 3.63) is 65.7 Å². The van der Waals surface area contributed by atoms with Crippen molar-refractivity contribution in [3.63, 3.8) is 0 Å². The van der Waals surface area contributed by atoms with E-state index in [2.05, 4.69) is 35.2 Å². The molecule has 2 heteroatoms. The molecule has 0 radical (unpaired) electrons. The van der Waals surface area contributed by atoms with Crippen LogP contribution in [0.15, 0.2) is 54.6 Å². The minimum atomic E-state index is -0.485. The van der Waals surface area contributed by atoms with Gasteiger partial charge in [-0.3, -0.25) is 0 Å².